The highest BCUT2D eigenvalue weighted by Crippen LogP contribution is 2.48. The molecule has 1 aromatic carbocycles. The van der Waals surface area contributed by atoms with Crippen LogP contribution in [0.25, 0.3) is 0 Å². The zero-order valence-electron chi connectivity index (χ0n) is 13.0. The molecule has 1 rings (SSSR count). The van der Waals surface area contributed by atoms with Crippen LogP contribution in [0.15, 0.2) is 17.0 Å². The highest BCUT2D eigenvalue weighted by molar-refractivity contribution is 7.87. The predicted octanol–water partition coefficient (Wildman–Crippen LogP) is 3.46. The lowest BCUT2D eigenvalue weighted by Crippen LogP contribution is -2.15. The lowest BCUT2D eigenvalue weighted by Gasteiger charge is -2.17. The minimum atomic E-state index is -4.67. The summed E-state index contributed by atoms with van der Waals surface area (Å²) in [7, 11) is -8.48. The van der Waals surface area contributed by atoms with E-state index < -0.39 is 40.6 Å². The summed E-state index contributed by atoms with van der Waals surface area (Å²) in [6.07, 6.45) is -0.980. The van der Waals surface area contributed by atoms with Crippen LogP contribution in [0.4, 0.5) is 8.78 Å². The van der Waals surface area contributed by atoms with Crippen molar-refractivity contribution in [2.75, 3.05) is 19.6 Å². The zero-order valence-corrected chi connectivity index (χ0v) is 14.8. The molecule has 23 heavy (non-hydrogen) atoms. The zero-order chi connectivity index (χ0) is 17.7. The Hall–Kier alpha value is -0.860. The van der Waals surface area contributed by atoms with Crippen molar-refractivity contribution in [2.45, 2.75) is 32.1 Å². The van der Waals surface area contributed by atoms with Gasteiger partial charge in [-0.3, -0.25) is 8.75 Å². The van der Waals surface area contributed by atoms with Gasteiger partial charge in [-0.15, -0.1) is 0 Å². The van der Waals surface area contributed by atoms with Crippen molar-refractivity contribution in [1.82, 2.24) is 0 Å². The summed E-state index contributed by atoms with van der Waals surface area (Å²) in [4.78, 5) is -0.903. The number of halogens is 2. The molecule has 1 aromatic rings. The van der Waals surface area contributed by atoms with Crippen molar-refractivity contribution in [3.05, 3.63) is 29.3 Å². The summed E-state index contributed by atoms with van der Waals surface area (Å²) in [5.74, 6) is -2.01. The van der Waals surface area contributed by atoms with Crippen LogP contribution in [0.3, 0.4) is 0 Å². The van der Waals surface area contributed by atoms with Crippen LogP contribution in [-0.2, 0) is 34.3 Å². The Kier molecular flexibility index (Phi) is 7.29. The molecule has 0 aliphatic heterocycles. The second-order valence-electron chi connectivity index (χ2n) is 4.34. The molecule has 6 nitrogen and oxygen atoms in total. The van der Waals surface area contributed by atoms with Gasteiger partial charge < -0.3 is 9.05 Å². The van der Waals surface area contributed by atoms with Crippen molar-refractivity contribution >= 4 is 17.7 Å². The van der Waals surface area contributed by atoms with Crippen molar-refractivity contribution < 1.29 is 35.0 Å². The van der Waals surface area contributed by atoms with Crippen LogP contribution in [0.2, 0.25) is 0 Å². The Balaban J connectivity index is 3.14. The first kappa shape index (κ1) is 20.2. The first-order chi connectivity index (χ1) is 10.7. The highest BCUT2D eigenvalue weighted by Gasteiger charge is 2.32. The van der Waals surface area contributed by atoms with E-state index in [1.165, 1.54) is 6.92 Å². The summed E-state index contributed by atoms with van der Waals surface area (Å²) < 4.78 is 78.5. The van der Waals surface area contributed by atoms with Gasteiger partial charge in [0.2, 0.25) is 0 Å². The van der Waals surface area contributed by atoms with E-state index in [-0.39, 0.29) is 25.2 Å². The van der Waals surface area contributed by atoms with Crippen LogP contribution in [-0.4, -0.2) is 28.0 Å². The van der Waals surface area contributed by atoms with Gasteiger partial charge in [-0.1, -0.05) is 6.92 Å². The maximum atomic E-state index is 13.9. The molecule has 0 aliphatic carbocycles. The summed E-state index contributed by atoms with van der Waals surface area (Å²) in [5.41, 5.74) is -0.340. The Morgan fingerprint density at radius 1 is 1.04 bits per heavy atom. The first-order valence-electron chi connectivity index (χ1n) is 6.95. The minimum absolute atomic E-state index is 0.00915. The molecule has 0 fully saturated rings. The summed E-state index contributed by atoms with van der Waals surface area (Å²) in [6.45, 7) is 4.58. The average molecular weight is 372 g/mol. The minimum Gasteiger partial charge on any atom is -0.307 e. The Morgan fingerprint density at radius 2 is 1.57 bits per heavy atom. The Morgan fingerprint density at radius 3 is 2.04 bits per heavy atom. The quantitative estimate of drug-likeness (QED) is 0.488. The van der Waals surface area contributed by atoms with Crippen LogP contribution in [0.5, 0.6) is 0 Å². The molecule has 0 saturated carbocycles. The first-order valence-corrected chi connectivity index (χ1v) is 10.1. The van der Waals surface area contributed by atoms with Gasteiger partial charge in [0.1, 0.15) is 16.5 Å². The Bertz CT molecular complexity index is 682. The van der Waals surface area contributed by atoms with E-state index in [1.807, 2.05) is 0 Å². The van der Waals surface area contributed by atoms with Crippen LogP contribution >= 0.6 is 7.60 Å². The molecule has 0 N–H and O–H groups in total. The monoisotopic (exact) mass is 372 g/mol. The molecule has 0 heterocycles. The number of hydrogen-bond donors (Lipinski definition) is 0. The molecular formula is C13H19F2O6PS. The van der Waals surface area contributed by atoms with Crippen molar-refractivity contribution in [1.29, 1.82) is 0 Å². The van der Waals surface area contributed by atoms with E-state index in [9.17, 15) is 21.8 Å². The van der Waals surface area contributed by atoms with E-state index in [0.29, 0.717) is 6.07 Å². The lowest BCUT2D eigenvalue weighted by atomic mass is 10.1. The third-order valence-electron chi connectivity index (χ3n) is 2.78. The second-order valence-corrected chi connectivity index (χ2v) is 7.89. The topological polar surface area (TPSA) is 78.9 Å². The van der Waals surface area contributed by atoms with Gasteiger partial charge in [-0.05, 0) is 32.4 Å². The van der Waals surface area contributed by atoms with Gasteiger partial charge in [-0.2, -0.15) is 8.42 Å². The Labute approximate surface area is 134 Å². The van der Waals surface area contributed by atoms with Gasteiger partial charge >= 0.3 is 17.7 Å². The molecule has 0 amide bonds. The number of benzene rings is 1. The van der Waals surface area contributed by atoms with E-state index >= 15 is 0 Å². The van der Waals surface area contributed by atoms with E-state index in [4.69, 9.17) is 9.05 Å². The maximum absolute atomic E-state index is 13.9. The largest absolute Gasteiger partial charge is 0.357 e. The lowest BCUT2D eigenvalue weighted by molar-refractivity contribution is 0.197. The fourth-order valence-electron chi connectivity index (χ4n) is 1.87. The molecule has 132 valence electrons. The molecule has 0 radical (unpaired) electrons. The highest BCUT2D eigenvalue weighted by atomic mass is 32.2. The van der Waals surface area contributed by atoms with Gasteiger partial charge in [0.25, 0.3) is 0 Å². The molecule has 0 spiro atoms. The van der Waals surface area contributed by atoms with E-state index in [0.717, 1.165) is 6.07 Å². The molecule has 0 aliphatic rings. The van der Waals surface area contributed by atoms with E-state index in [2.05, 4.69) is 4.18 Å². The molecule has 0 saturated heterocycles. The van der Waals surface area contributed by atoms with Crippen molar-refractivity contribution in [3.63, 3.8) is 0 Å². The SMILES string of the molecule is CCOP(=O)(COS(=O)(=O)c1c(F)ccc(F)c1CC)OCC. The van der Waals surface area contributed by atoms with E-state index in [1.54, 1.807) is 13.8 Å². The molecule has 0 bridgehead atoms. The molecular weight excluding hydrogens is 353 g/mol. The smallest absolute Gasteiger partial charge is 0.307 e. The third-order valence-corrected chi connectivity index (χ3v) is 6.07. The summed E-state index contributed by atoms with van der Waals surface area (Å²) >= 11 is 0. The number of rotatable bonds is 9. The van der Waals surface area contributed by atoms with Crippen molar-refractivity contribution in [3.8, 4) is 0 Å². The van der Waals surface area contributed by atoms with Crippen LogP contribution < -0.4 is 0 Å². The average Bonchev–Trinajstić information content (AvgIpc) is 2.48. The molecule has 10 heteroatoms. The normalized spacial score (nSPS) is 12.6. The molecule has 0 unspecified atom stereocenters. The summed E-state index contributed by atoms with van der Waals surface area (Å²) in [6, 6.07) is 1.52. The fourth-order valence-corrected chi connectivity index (χ4v) is 4.92. The fraction of sp³-hybridized carbons (Fsp3) is 0.538. The summed E-state index contributed by atoms with van der Waals surface area (Å²) in [5, 5.41) is 0. The predicted molar refractivity (Wildman–Crippen MR) is 79.7 cm³/mol. The van der Waals surface area contributed by atoms with Gasteiger partial charge in [0, 0.05) is 5.56 Å². The van der Waals surface area contributed by atoms with Crippen molar-refractivity contribution in [2.24, 2.45) is 0 Å². The van der Waals surface area contributed by atoms with Gasteiger partial charge in [0.05, 0.1) is 13.2 Å². The second kappa shape index (κ2) is 8.30. The molecule has 0 aromatic heterocycles. The standard InChI is InChI=1S/C13H19F2O6PS/c1-4-10-11(14)7-8-12(15)13(10)23(17,18)21-9-22(16,19-5-2)20-6-3/h7-8H,4-6,9H2,1-3H3. The molecule has 0 atom stereocenters. The van der Waals surface area contributed by atoms with Gasteiger partial charge in [-0.25, -0.2) is 8.78 Å². The van der Waals surface area contributed by atoms with Crippen LogP contribution in [0.1, 0.15) is 26.3 Å². The number of hydrogen-bond acceptors (Lipinski definition) is 6. The van der Waals surface area contributed by atoms with Gasteiger partial charge in [0.15, 0.2) is 6.35 Å². The van der Waals surface area contributed by atoms with Crippen LogP contribution in [0, 0.1) is 11.6 Å². The maximum Gasteiger partial charge on any atom is 0.357 e. The third kappa shape index (κ3) is 5.06.